The maximum absolute atomic E-state index is 13.5. The summed E-state index contributed by atoms with van der Waals surface area (Å²) in [7, 11) is 3.43. The normalized spacial score (nSPS) is 25.4. The summed E-state index contributed by atoms with van der Waals surface area (Å²) in [5.41, 5.74) is 19.0. The molecule has 2 aliphatic heterocycles. The van der Waals surface area contributed by atoms with E-state index in [0.717, 1.165) is 62.7 Å². The fourth-order valence-electron chi connectivity index (χ4n) is 7.20. The molecule has 0 spiro atoms. The third kappa shape index (κ3) is 14.5. The van der Waals surface area contributed by atoms with Gasteiger partial charge in [-0.2, -0.15) is 0 Å². The molecule has 286 valence electrons. The van der Waals surface area contributed by atoms with Gasteiger partial charge in [-0.15, -0.1) is 0 Å². The van der Waals surface area contributed by atoms with E-state index in [2.05, 4.69) is 15.3 Å². The van der Waals surface area contributed by atoms with Gasteiger partial charge in [0.2, 0.25) is 5.91 Å². The second-order valence-corrected chi connectivity index (χ2v) is 16.6. The third-order valence-corrected chi connectivity index (χ3v) is 12.1. The second-order valence-electron chi connectivity index (χ2n) is 14.1. The number of aliphatic imine (C=N–C) groups is 2. The lowest BCUT2D eigenvalue weighted by molar-refractivity contribution is -0.148. The summed E-state index contributed by atoms with van der Waals surface area (Å²) < 4.78 is 12.0. The van der Waals surface area contributed by atoms with Gasteiger partial charge in [0.1, 0.15) is 6.10 Å². The highest BCUT2D eigenvalue weighted by Gasteiger charge is 2.35. The standard InChI is InChI=1S/C36H59N7O6S2/c1-24(44)48-31-12-11-25-16-28(34(47)32(17-25)49-30-9-5-6-10-30)22-43-21-27(18-33(43)46)26(13-14-40-35(37)38)20-41-36(39)42-23-51-50-15-7-3-2-4-8-29(45)19-31/h16-17,26-27,29-31,45,47H,2-15,18-23H2,1H3,(H4,37,38,40)(H3,39,41,42). The van der Waals surface area contributed by atoms with E-state index in [4.69, 9.17) is 26.7 Å². The smallest absolute Gasteiger partial charge is 0.302 e. The summed E-state index contributed by atoms with van der Waals surface area (Å²) in [4.78, 5) is 36.0. The lowest BCUT2D eigenvalue weighted by atomic mass is 9.88. The molecular formula is C36H59N7O6S2. The molecule has 0 radical (unpaired) electrons. The van der Waals surface area contributed by atoms with Gasteiger partial charge < -0.3 is 47.1 Å². The van der Waals surface area contributed by atoms with Crippen LogP contribution >= 0.6 is 21.6 Å². The number of nitrogens with zero attached hydrogens (tertiary/aromatic N) is 3. The number of benzene rings is 1. The van der Waals surface area contributed by atoms with E-state index in [1.165, 1.54) is 6.92 Å². The minimum Gasteiger partial charge on any atom is -0.504 e. The molecular weight excluding hydrogens is 691 g/mol. The number of carbonyl (C=O) groups excluding carboxylic acids is 2. The van der Waals surface area contributed by atoms with Crippen molar-refractivity contribution < 1.29 is 29.3 Å². The molecule has 1 saturated carbocycles. The zero-order chi connectivity index (χ0) is 36.6. The van der Waals surface area contributed by atoms with E-state index < -0.39 is 12.2 Å². The minimum absolute atomic E-state index is 0.00577. The number of hydrogen-bond donors (Lipinski definition) is 6. The summed E-state index contributed by atoms with van der Waals surface area (Å²) in [5, 5.41) is 25.6. The molecule has 1 aromatic rings. The van der Waals surface area contributed by atoms with Crippen molar-refractivity contribution in [2.24, 2.45) is 39.0 Å². The summed E-state index contributed by atoms with van der Waals surface area (Å²) >= 11 is 0. The quantitative estimate of drug-likeness (QED) is 0.105. The van der Waals surface area contributed by atoms with Gasteiger partial charge in [0.15, 0.2) is 23.4 Å². The van der Waals surface area contributed by atoms with Crippen molar-refractivity contribution in [2.45, 2.75) is 122 Å². The third-order valence-electron chi connectivity index (χ3n) is 9.93. The largest absolute Gasteiger partial charge is 0.504 e. The van der Waals surface area contributed by atoms with Crippen LogP contribution in [0.25, 0.3) is 0 Å². The number of guanidine groups is 2. The molecule has 51 heavy (non-hydrogen) atoms. The molecule has 15 heteroatoms. The number of aromatic hydroxyl groups is 1. The molecule has 3 aliphatic rings. The van der Waals surface area contributed by atoms with E-state index >= 15 is 0 Å². The molecule has 4 bridgehead atoms. The van der Waals surface area contributed by atoms with Gasteiger partial charge in [-0.3, -0.25) is 14.6 Å². The summed E-state index contributed by atoms with van der Waals surface area (Å²) in [6, 6.07) is 3.80. The zero-order valence-electron chi connectivity index (χ0n) is 30.1. The number of carbonyl (C=O) groups is 2. The van der Waals surface area contributed by atoms with Crippen LogP contribution in [-0.4, -0.2) is 88.5 Å². The molecule has 1 amide bonds. The second kappa shape index (κ2) is 21.5. The Balaban J connectivity index is 1.57. The Labute approximate surface area is 310 Å². The predicted octanol–water partition coefficient (Wildman–Crippen LogP) is 4.16. The van der Waals surface area contributed by atoms with Gasteiger partial charge in [-0.1, -0.05) is 46.9 Å². The molecule has 4 unspecified atom stereocenters. The number of nitrogens with one attached hydrogen (secondary N) is 1. The van der Waals surface area contributed by atoms with Crippen molar-refractivity contribution in [2.75, 3.05) is 31.3 Å². The van der Waals surface area contributed by atoms with Crippen molar-refractivity contribution in [1.82, 2.24) is 10.2 Å². The van der Waals surface area contributed by atoms with Gasteiger partial charge in [-0.25, -0.2) is 4.99 Å². The van der Waals surface area contributed by atoms with Gasteiger partial charge >= 0.3 is 5.97 Å². The van der Waals surface area contributed by atoms with E-state index in [1.54, 1.807) is 26.5 Å². The van der Waals surface area contributed by atoms with Gasteiger partial charge in [0.25, 0.3) is 0 Å². The van der Waals surface area contributed by atoms with Crippen LogP contribution in [0.1, 0.15) is 102 Å². The fourth-order valence-corrected chi connectivity index (χ4v) is 8.99. The molecule has 0 aromatic heterocycles. The number of esters is 1. The van der Waals surface area contributed by atoms with E-state index in [9.17, 15) is 19.8 Å². The van der Waals surface area contributed by atoms with Crippen molar-refractivity contribution in [3.8, 4) is 11.5 Å². The first-order chi connectivity index (χ1) is 24.6. The van der Waals surface area contributed by atoms with Gasteiger partial charge in [-0.05, 0) is 81.3 Å². The number of fused-ring (bicyclic) bond motifs is 4. The van der Waals surface area contributed by atoms with Crippen molar-refractivity contribution >= 4 is 45.4 Å². The Bertz CT molecular complexity index is 1320. The summed E-state index contributed by atoms with van der Waals surface area (Å²) in [5.74, 6) is 2.10. The number of phenols is 1. The lowest BCUT2D eigenvalue weighted by Crippen LogP contribution is -2.38. The first-order valence-corrected chi connectivity index (χ1v) is 21.0. The van der Waals surface area contributed by atoms with Crippen molar-refractivity contribution in [1.29, 1.82) is 0 Å². The monoisotopic (exact) mass is 749 g/mol. The number of aliphatic hydroxyl groups is 1. The molecule has 9 N–H and O–H groups in total. The molecule has 2 fully saturated rings. The minimum atomic E-state index is -0.566. The molecule has 1 saturated heterocycles. The van der Waals surface area contributed by atoms with Crippen LogP contribution in [0.4, 0.5) is 0 Å². The van der Waals surface area contributed by atoms with Crippen LogP contribution in [-0.2, 0) is 27.3 Å². The molecule has 1 aromatic carbocycles. The molecule has 1 aliphatic carbocycles. The first-order valence-electron chi connectivity index (χ1n) is 18.6. The average molecular weight is 750 g/mol. The van der Waals surface area contributed by atoms with Gasteiger partial charge in [0, 0.05) is 57.3 Å². The molecule has 4 rings (SSSR count). The first kappa shape index (κ1) is 40.7. The molecule has 2 heterocycles. The highest BCUT2D eigenvalue weighted by molar-refractivity contribution is 8.76. The average Bonchev–Trinajstić information content (AvgIpc) is 3.72. The van der Waals surface area contributed by atoms with Crippen LogP contribution in [0.15, 0.2) is 22.1 Å². The lowest BCUT2D eigenvalue weighted by Gasteiger charge is -2.25. The van der Waals surface area contributed by atoms with E-state index in [1.807, 2.05) is 12.1 Å². The number of hydrogen-bond acceptors (Lipinski definition) is 12. The van der Waals surface area contributed by atoms with E-state index in [-0.39, 0.29) is 48.1 Å². The van der Waals surface area contributed by atoms with Crippen molar-refractivity contribution in [3.05, 3.63) is 23.3 Å². The summed E-state index contributed by atoms with van der Waals surface area (Å²) in [6.07, 6.45) is 10.3. The maximum atomic E-state index is 13.5. The number of aryl methyl sites for hydroxylation is 1. The Morgan fingerprint density at radius 3 is 2.61 bits per heavy atom. The Hall–Kier alpha value is -3.04. The number of rotatable bonds is 6. The Kier molecular flexibility index (Phi) is 17.2. The fraction of sp³-hybridized carbons (Fsp3) is 0.722. The van der Waals surface area contributed by atoms with E-state index in [0.29, 0.717) is 81.3 Å². The summed E-state index contributed by atoms with van der Waals surface area (Å²) in [6.45, 7) is 3.09. The predicted molar refractivity (Wildman–Crippen MR) is 205 cm³/mol. The highest BCUT2D eigenvalue weighted by Crippen LogP contribution is 2.38. The number of phenolic OH excluding ortho intramolecular Hbond substituents is 1. The molecule has 4 atom stereocenters. The van der Waals surface area contributed by atoms with Crippen LogP contribution in [0.5, 0.6) is 11.5 Å². The Morgan fingerprint density at radius 1 is 1.08 bits per heavy atom. The highest BCUT2D eigenvalue weighted by atomic mass is 33.1. The van der Waals surface area contributed by atoms with Crippen molar-refractivity contribution in [3.63, 3.8) is 0 Å². The SMILES string of the molecule is CC(=O)OC1CCc2cc(c(O)c(OC3CCCC3)c2)CN2CC(CC2=O)C(CCN=C(N)N)CNC(N)=NCSSCCCCCCC(O)C1. The maximum Gasteiger partial charge on any atom is 0.302 e. The number of nitrogens with two attached hydrogens (primary N) is 3. The van der Waals surface area contributed by atoms with Crippen LogP contribution in [0.2, 0.25) is 0 Å². The topological polar surface area (TPSA) is 211 Å². The van der Waals surface area contributed by atoms with Crippen LogP contribution < -0.4 is 27.3 Å². The number of ether oxygens (including phenoxy) is 2. The van der Waals surface area contributed by atoms with Crippen LogP contribution in [0, 0.1) is 11.8 Å². The van der Waals surface area contributed by atoms with Crippen LogP contribution in [0.3, 0.4) is 0 Å². The Morgan fingerprint density at radius 2 is 1.84 bits per heavy atom. The molecule has 13 nitrogen and oxygen atoms in total. The number of amides is 1. The zero-order valence-corrected chi connectivity index (χ0v) is 31.7. The number of aliphatic hydroxyl groups excluding tert-OH is 1. The van der Waals surface area contributed by atoms with Gasteiger partial charge in [0.05, 0.1) is 18.1 Å².